The van der Waals surface area contributed by atoms with E-state index in [1.807, 2.05) is 11.4 Å². The van der Waals surface area contributed by atoms with E-state index in [4.69, 9.17) is 0 Å². The van der Waals surface area contributed by atoms with Crippen LogP contribution < -0.4 is 0 Å². The Morgan fingerprint density at radius 1 is 1.19 bits per heavy atom. The summed E-state index contributed by atoms with van der Waals surface area (Å²) in [5, 5.41) is 11.3. The summed E-state index contributed by atoms with van der Waals surface area (Å²) >= 11 is 1.70. The molecule has 0 bridgehead atoms. The fourth-order valence-electron chi connectivity index (χ4n) is 3.11. The molecule has 140 valence electrons. The highest BCUT2D eigenvalue weighted by molar-refractivity contribution is 7.89. The number of rotatable bonds is 5. The van der Waals surface area contributed by atoms with Gasteiger partial charge in [-0.1, -0.05) is 6.07 Å². The molecule has 8 heteroatoms. The first-order valence-corrected chi connectivity index (χ1v) is 10.7. The molecule has 0 aliphatic carbocycles. The number of sulfonamides is 1. The highest BCUT2D eigenvalue weighted by Gasteiger charge is 2.30. The van der Waals surface area contributed by atoms with Gasteiger partial charge >= 0.3 is 5.97 Å². The molecule has 1 aliphatic heterocycles. The Morgan fingerprint density at radius 3 is 2.46 bits per heavy atom. The number of carboxylic acids is 1. The van der Waals surface area contributed by atoms with E-state index in [-0.39, 0.29) is 10.5 Å². The molecule has 0 saturated carbocycles. The van der Waals surface area contributed by atoms with Gasteiger partial charge < -0.3 is 5.11 Å². The molecule has 1 saturated heterocycles. The molecule has 1 fully saturated rings. The number of nitrogens with zero attached hydrogens (tertiary/aromatic N) is 2. The highest BCUT2D eigenvalue weighted by Crippen LogP contribution is 2.26. The van der Waals surface area contributed by atoms with E-state index in [0.717, 1.165) is 6.54 Å². The van der Waals surface area contributed by atoms with E-state index < -0.39 is 16.0 Å². The zero-order valence-corrected chi connectivity index (χ0v) is 16.4. The van der Waals surface area contributed by atoms with Crippen LogP contribution in [0.1, 0.15) is 26.4 Å². The first-order valence-electron chi connectivity index (χ1n) is 8.38. The maximum absolute atomic E-state index is 13.1. The van der Waals surface area contributed by atoms with Crippen molar-refractivity contribution < 1.29 is 18.3 Å². The van der Waals surface area contributed by atoms with Crippen molar-refractivity contribution >= 4 is 27.3 Å². The fourth-order valence-corrected chi connectivity index (χ4v) is 5.60. The lowest BCUT2D eigenvalue weighted by atomic mass is 10.1. The number of piperazine rings is 1. The summed E-state index contributed by atoms with van der Waals surface area (Å²) in [6, 6.07) is 6.88. The second-order valence-electron chi connectivity index (χ2n) is 6.48. The number of aromatic carboxylic acids is 1. The SMILES string of the molecule is Cc1cc(C(=O)O)cc(S(=O)(=O)N2CCN(Cc3cccs3)CC2)c1C. The summed E-state index contributed by atoms with van der Waals surface area (Å²) in [5.74, 6) is -1.12. The zero-order valence-electron chi connectivity index (χ0n) is 14.8. The van der Waals surface area contributed by atoms with Crippen LogP contribution in [0.25, 0.3) is 0 Å². The molecule has 0 radical (unpaired) electrons. The van der Waals surface area contributed by atoms with Gasteiger partial charge in [0.1, 0.15) is 0 Å². The molecule has 1 N–H and O–H groups in total. The Morgan fingerprint density at radius 2 is 1.88 bits per heavy atom. The first kappa shape index (κ1) is 19.0. The van der Waals surface area contributed by atoms with Crippen LogP contribution in [0.3, 0.4) is 0 Å². The van der Waals surface area contributed by atoms with Crippen molar-refractivity contribution in [3.8, 4) is 0 Å². The van der Waals surface area contributed by atoms with Crippen LogP contribution in [0.4, 0.5) is 0 Å². The Kier molecular flexibility index (Phi) is 5.47. The van der Waals surface area contributed by atoms with Crippen molar-refractivity contribution in [3.63, 3.8) is 0 Å². The monoisotopic (exact) mass is 394 g/mol. The summed E-state index contributed by atoms with van der Waals surface area (Å²) in [7, 11) is -3.71. The van der Waals surface area contributed by atoms with Crippen LogP contribution in [0.5, 0.6) is 0 Å². The molecule has 0 unspecified atom stereocenters. The van der Waals surface area contributed by atoms with Gasteiger partial charge in [-0.15, -0.1) is 11.3 Å². The van der Waals surface area contributed by atoms with E-state index in [1.165, 1.54) is 21.3 Å². The topological polar surface area (TPSA) is 77.9 Å². The second kappa shape index (κ2) is 7.48. The molecule has 1 aliphatic rings. The first-order chi connectivity index (χ1) is 12.3. The molecule has 0 amide bonds. The van der Waals surface area contributed by atoms with Gasteiger partial charge in [0.2, 0.25) is 10.0 Å². The average Bonchev–Trinajstić information content (AvgIpc) is 3.10. The van der Waals surface area contributed by atoms with Crippen LogP contribution >= 0.6 is 11.3 Å². The van der Waals surface area contributed by atoms with Crippen LogP contribution in [-0.4, -0.2) is 54.9 Å². The predicted molar refractivity (Wildman–Crippen MR) is 101 cm³/mol. The highest BCUT2D eigenvalue weighted by atomic mass is 32.2. The minimum atomic E-state index is -3.71. The fraction of sp³-hybridized carbons (Fsp3) is 0.389. The lowest BCUT2D eigenvalue weighted by molar-refractivity contribution is 0.0696. The Labute approximate surface area is 157 Å². The second-order valence-corrected chi connectivity index (χ2v) is 9.42. The number of thiophene rings is 1. The lowest BCUT2D eigenvalue weighted by Gasteiger charge is -2.34. The molecule has 2 heterocycles. The smallest absolute Gasteiger partial charge is 0.335 e. The third-order valence-electron chi connectivity index (χ3n) is 4.78. The summed E-state index contributed by atoms with van der Waals surface area (Å²) < 4.78 is 27.6. The van der Waals surface area contributed by atoms with E-state index in [0.29, 0.717) is 37.3 Å². The standard InChI is InChI=1S/C18H22N2O4S2/c1-13-10-15(18(21)22)11-17(14(13)2)26(23,24)20-7-5-19(6-8-20)12-16-4-3-9-25-16/h3-4,9-11H,5-8,12H2,1-2H3,(H,21,22). The molecule has 1 aromatic carbocycles. The minimum Gasteiger partial charge on any atom is -0.478 e. The van der Waals surface area contributed by atoms with E-state index in [9.17, 15) is 18.3 Å². The van der Waals surface area contributed by atoms with Gasteiger partial charge in [-0.25, -0.2) is 13.2 Å². The Balaban J connectivity index is 1.78. The van der Waals surface area contributed by atoms with Gasteiger partial charge in [0.05, 0.1) is 10.5 Å². The minimum absolute atomic E-state index is 0.00278. The van der Waals surface area contributed by atoms with Crippen molar-refractivity contribution in [2.24, 2.45) is 0 Å². The molecular weight excluding hydrogens is 372 g/mol. The quantitative estimate of drug-likeness (QED) is 0.843. The normalized spacial score (nSPS) is 16.7. The van der Waals surface area contributed by atoms with Crippen molar-refractivity contribution in [2.45, 2.75) is 25.3 Å². The summed E-state index contributed by atoms with van der Waals surface area (Å²) in [4.78, 5) is 14.9. The van der Waals surface area contributed by atoms with Gasteiger partial charge in [0.25, 0.3) is 0 Å². The summed E-state index contributed by atoms with van der Waals surface area (Å²) in [6.07, 6.45) is 0. The van der Waals surface area contributed by atoms with Gasteiger partial charge in [-0.05, 0) is 48.6 Å². The van der Waals surface area contributed by atoms with Crippen molar-refractivity contribution in [1.82, 2.24) is 9.21 Å². The van der Waals surface area contributed by atoms with Crippen molar-refractivity contribution in [3.05, 3.63) is 51.2 Å². The molecular formula is C18H22N2O4S2. The largest absolute Gasteiger partial charge is 0.478 e. The predicted octanol–water partition coefficient (Wildman–Crippen LogP) is 2.57. The van der Waals surface area contributed by atoms with Crippen molar-refractivity contribution in [2.75, 3.05) is 26.2 Å². The van der Waals surface area contributed by atoms with Gasteiger partial charge in [0, 0.05) is 37.6 Å². The maximum Gasteiger partial charge on any atom is 0.335 e. The summed E-state index contributed by atoms with van der Waals surface area (Å²) in [6.45, 7) is 6.42. The van der Waals surface area contributed by atoms with E-state index >= 15 is 0 Å². The van der Waals surface area contributed by atoms with E-state index in [1.54, 1.807) is 25.2 Å². The van der Waals surface area contributed by atoms with Gasteiger partial charge in [0.15, 0.2) is 0 Å². The molecule has 3 rings (SSSR count). The Bertz CT molecular complexity index is 900. The van der Waals surface area contributed by atoms with Crippen LogP contribution in [-0.2, 0) is 16.6 Å². The molecule has 6 nitrogen and oxygen atoms in total. The van der Waals surface area contributed by atoms with Gasteiger partial charge in [-0.3, -0.25) is 4.90 Å². The van der Waals surface area contributed by atoms with Crippen LogP contribution in [0.15, 0.2) is 34.5 Å². The number of benzene rings is 1. The number of carboxylic acid groups (broad SMARTS) is 1. The third-order valence-corrected chi connectivity index (χ3v) is 7.66. The van der Waals surface area contributed by atoms with E-state index in [2.05, 4.69) is 11.0 Å². The molecule has 2 aromatic rings. The molecule has 0 spiro atoms. The van der Waals surface area contributed by atoms with Crippen LogP contribution in [0, 0.1) is 13.8 Å². The summed E-state index contributed by atoms with van der Waals surface area (Å²) in [5.41, 5.74) is 1.28. The van der Waals surface area contributed by atoms with Crippen LogP contribution in [0.2, 0.25) is 0 Å². The molecule has 26 heavy (non-hydrogen) atoms. The number of aryl methyl sites for hydroxylation is 1. The average molecular weight is 395 g/mol. The Hall–Kier alpha value is -1.74. The van der Waals surface area contributed by atoms with Gasteiger partial charge in [-0.2, -0.15) is 4.31 Å². The van der Waals surface area contributed by atoms with Crippen molar-refractivity contribution in [1.29, 1.82) is 0 Å². The maximum atomic E-state index is 13.1. The molecule has 1 aromatic heterocycles. The number of carbonyl (C=O) groups is 1. The number of hydrogen-bond donors (Lipinski definition) is 1. The molecule has 0 atom stereocenters. The lowest BCUT2D eigenvalue weighted by Crippen LogP contribution is -2.48. The zero-order chi connectivity index (χ0) is 18.9. The number of hydrogen-bond acceptors (Lipinski definition) is 5. The third kappa shape index (κ3) is 3.83.